The number of rotatable bonds is 1. The molecule has 16 heavy (non-hydrogen) atoms. The quantitative estimate of drug-likeness (QED) is 0.693. The molecule has 0 aromatic rings. The third-order valence-electron chi connectivity index (χ3n) is 4.87. The number of hydrogen-bond donors (Lipinski definition) is 1. The van der Waals surface area contributed by atoms with Crippen molar-refractivity contribution in [3.8, 4) is 0 Å². The van der Waals surface area contributed by atoms with Gasteiger partial charge in [-0.1, -0.05) is 13.8 Å². The summed E-state index contributed by atoms with van der Waals surface area (Å²) in [5.74, 6) is 0.585. The summed E-state index contributed by atoms with van der Waals surface area (Å²) < 4.78 is 12.3. The van der Waals surface area contributed by atoms with Crippen molar-refractivity contribution < 1.29 is 9.31 Å². The van der Waals surface area contributed by atoms with Gasteiger partial charge in [-0.3, -0.25) is 0 Å². The minimum Gasteiger partial charge on any atom is -0.403 e. The Kier molecular flexibility index (Phi) is 2.69. The van der Waals surface area contributed by atoms with Crippen LogP contribution >= 0.6 is 0 Å². The smallest absolute Gasteiger partial charge is 0.403 e. The first-order valence-corrected chi connectivity index (χ1v) is 6.25. The summed E-state index contributed by atoms with van der Waals surface area (Å²) in [4.78, 5) is 0. The Labute approximate surface area is 99.4 Å². The van der Waals surface area contributed by atoms with Crippen molar-refractivity contribution in [3.63, 3.8) is 0 Å². The Morgan fingerprint density at radius 2 is 1.56 bits per heavy atom. The Bertz CT molecular complexity index is 277. The van der Waals surface area contributed by atoms with E-state index in [-0.39, 0.29) is 23.6 Å². The highest BCUT2D eigenvalue weighted by Gasteiger charge is 2.60. The molecule has 0 aromatic heterocycles. The molecule has 0 saturated carbocycles. The molecule has 2 fully saturated rings. The van der Waals surface area contributed by atoms with Crippen LogP contribution in [0.5, 0.6) is 0 Å². The van der Waals surface area contributed by atoms with Gasteiger partial charge in [-0.15, -0.1) is 0 Å². The van der Waals surface area contributed by atoms with Gasteiger partial charge in [0.2, 0.25) is 0 Å². The zero-order chi connectivity index (χ0) is 12.2. The first kappa shape index (κ1) is 12.4. The molecule has 0 radical (unpaired) electrons. The van der Waals surface area contributed by atoms with Crippen LogP contribution in [0.4, 0.5) is 0 Å². The molecule has 0 bridgehead atoms. The average Bonchev–Trinajstić information content (AvgIpc) is 2.55. The molecule has 2 rings (SSSR count). The first-order valence-electron chi connectivity index (χ1n) is 6.25. The molecule has 0 aromatic carbocycles. The average molecular weight is 225 g/mol. The molecule has 0 amide bonds. The summed E-state index contributed by atoms with van der Waals surface area (Å²) in [7, 11) is -0.0949. The monoisotopic (exact) mass is 225 g/mol. The van der Waals surface area contributed by atoms with Crippen LogP contribution in [0.1, 0.15) is 41.5 Å². The van der Waals surface area contributed by atoms with Gasteiger partial charge in [0.1, 0.15) is 0 Å². The van der Waals surface area contributed by atoms with Crippen LogP contribution in [-0.2, 0) is 9.31 Å². The summed E-state index contributed by atoms with van der Waals surface area (Å²) in [5, 5.41) is 3.52. The van der Waals surface area contributed by atoms with Gasteiger partial charge in [-0.05, 0) is 46.7 Å². The number of nitrogens with one attached hydrogen (secondary N) is 1. The summed E-state index contributed by atoms with van der Waals surface area (Å²) in [5.41, 5.74) is -0.439. The van der Waals surface area contributed by atoms with Crippen LogP contribution in [-0.4, -0.2) is 31.4 Å². The van der Waals surface area contributed by atoms with Crippen LogP contribution in [0, 0.1) is 5.92 Å². The molecule has 0 spiro atoms. The van der Waals surface area contributed by atoms with E-state index in [0.717, 1.165) is 13.1 Å². The molecule has 2 unspecified atom stereocenters. The molecule has 2 atom stereocenters. The largest absolute Gasteiger partial charge is 0.465 e. The van der Waals surface area contributed by atoms with Gasteiger partial charge in [-0.25, -0.2) is 0 Å². The molecule has 2 saturated heterocycles. The third kappa shape index (κ3) is 1.62. The fourth-order valence-corrected chi connectivity index (χ4v) is 2.39. The topological polar surface area (TPSA) is 30.5 Å². The van der Waals surface area contributed by atoms with E-state index >= 15 is 0 Å². The third-order valence-corrected chi connectivity index (χ3v) is 4.87. The van der Waals surface area contributed by atoms with Crippen LogP contribution in [0.3, 0.4) is 0 Å². The van der Waals surface area contributed by atoms with E-state index in [4.69, 9.17) is 9.31 Å². The molecule has 1 N–H and O–H groups in total. The summed E-state index contributed by atoms with van der Waals surface area (Å²) >= 11 is 0. The molecule has 92 valence electrons. The van der Waals surface area contributed by atoms with E-state index in [1.807, 2.05) is 0 Å². The zero-order valence-electron chi connectivity index (χ0n) is 11.4. The molecule has 0 aliphatic carbocycles. The number of hydrogen-bond acceptors (Lipinski definition) is 3. The molecule has 2 heterocycles. The van der Waals surface area contributed by atoms with Gasteiger partial charge in [0.25, 0.3) is 0 Å². The van der Waals surface area contributed by atoms with Crippen LogP contribution in [0.25, 0.3) is 0 Å². The van der Waals surface area contributed by atoms with Crippen LogP contribution in [0.15, 0.2) is 0 Å². The second-order valence-corrected chi connectivity index (χ2v) is 6.63. The SMILES string of the molecule is CC1CNCC1(C)B1OC(C)(C)C(C)(C)O1. The Morgan fingerprint density at radius 3 is 1.94 bits per heavy atom. The predicted molar refractivity (Wildman–Crippen MR) is 66.5 cm³/mol. The minimum atomic E-state index is -0.219. The molecular formula is C12H24BNO2. The van der Waals surface area contributed by atoms with E-state index in [2.05, 4.69) is 46.9 Å². The standard InChI is InChI=1S/C12H24BNO2/c1-9-7-14-8-12(9,6)13-15-10(2,3)11(4,5)16-13/h9,14H,7-8H2,1-6H3. The molecule has 3 nitrogen and oxygen atoms in total. The predicted octanol–water partition coefficient (Wildman–Crippen LogP) is 2.08. The highest BCUT2D eigenvalue weighted by Crippen LogP contribution is 2.49. The van der Waals surface area contributed by atoms with Crippen molar-refractivity contribution in [2.24, 2.45) is 5.92 Å². The van der Waals surface area contributed by atoms with Gasteiger partial charge in [0.05, 0.1) is 11.2 Å². The molecule has 4 heteroatoms. The Hall–Kier alpha value is -0.0551. The normalized spacial score (nSPS) is 41.6. The summed E-state index contributed by atoms with van der Waals surface area (Å²) in [6, 6.07) is 0. The van der Waals surface area contributed by atoms with E-state index in [9.17, 15) is 0 Å². The van der Waals surface area contributed by atoms with Gasteiger partial charge >= 0.3 is 7.12 Å². The van der Waals surface area contributed by atoms with Crippen molar-refractivity contribution in [3.05, 3.63) is 0 Å². The second kappa shape index (κ2) is 3.47. The highest BCUT2D eigenvalue weighted by atomic mass is 16.7. The fourth-order valence-electron chi connectivity index (χ4n) is 2.39. The van der Waals surface area contributed by atoms with E-state index in [1.54, 1.807) is 0 Å². The van der Waals surface area contributed by atoms with Crippen molar-refractivity contribution in [2.75, 3.05) is 13.1 Å². The van der Waals surface area contributed by atoms with Crippen molar-refractivity contribution in [1.82, 2.24) is 5.32 Å². The van der Waals surface area contributed by atoms with E-state index in [0.29, 0.717) is 5.92 Å². The maximum Gasteiger partial charge on any atom is 0.465 e. The summed E-state index contributed by atoms with van der Waals surface area (Å²) in [6.07, 6.45) is 0. The lowest BCUT2D eigenvalue weighted by atomic mass is 9.54. The Morgan fingerprint density at radius 1 is 1.06 bits per heavy atom. The maximum atomic E-state index is 6.16. The zero-order valence-corrected chi connectivity index (χ0v) is 11.4. The Balaban J connectivity index is 2.20. The van der Waals surface area contributed by atoms with Gasteiger partial charge in [0.15, 0.2) is 0 Å². The lowest BCUT2D eigenvalue weighted by Gasteiger charge is -2.32. The molecule has 2 aliphatic rings. The van der Waals surface area contributed by atoms with Gasteiger partial charge in [-0.2, -0.15) is 0 Å². The fraction of sp³-hybridized carbons (Fsp3) is 1.00. The minimum absolute atomic E-state index is 0.0883. The maximum absolute atomic E-state index is 6.16. The molecule has 2 aliphatic heterocycles. The van der Waals surface area contributed by atoms with Crippen molar-refractivity contribution in [2.45, 2.75) is 58.1 Å². The summed E-state index contributed by atoms with van der Waals surface area (Å²) in [6.45, 7) is 15.0. The van der Waals surface area contributed by atoms with Crippen molar-refractivity contribution in [1.29, 1.82) is 0 Å². The first-order chi connectivity index (χ1) is 7.19. The second-order valence-electron chi connectivity index (χ2n) is 6.63. The lowest BCUT2D eigenvalue weighted by molar-refractivity contribution is 0.00578. The van der Waals surface area contributed by atoms with Crippen LogP contribution < -0.4 is 5.32 Å². The van der Waals surface area contributed by atoms with E-state index in [1.165, 1.54) is 0 Å². The van der Waals surface area contributed by atoms with Gasteiger partial charge < -0.3 is 14.6 Å². The van der Waals surface area contributed by atoms with Crippen LogP contribution in [0.2, 0.25) is 5.31 Å². The van der Waals surface area contributed by atoms with E-state index < -0.39 is 0 Å². The van der Waals surface area contributed by atoms with Crippen molar-refractivity contribution >= 4 is 7.12 Å². The lowest BCUT2D eigenvalue weighted by Crippen LogP contribution is -2.41. The molecular weight excluding hydrogens is 201 g/mol. The van der Waals surface area contributed by atoms with Gasteiger partial charge in [0, 0.05) is 5.31 Å². The highest BCUT2D eigenvalue weighted by molar-refractivity contribution is 6.50.